The number of rotatable bonds is 3. The Labute approximate surface area is 135 Å². The molecular formula is C14H11ClN4S2. The number of benzene rings is 1. The number of aryl methyl sites for hydroxylation is 1. The largest absolute Gasteiger partial charge is 0.250 e. The third-order valence-corrected chi connectivity index (χ3v) is 4.27. The van der Waals surface area contributed by atoms with Crippen molar-refractivity contribution in [1.82, 2.24) is 14.9 Å². The predicted molar refractivity (Wildman–Crippen MR) is 89.9 cm³/mol. The maximum atomic E-state index is 5.90. The Balaban J connectivity index is 1.99. The van der Waals surface area contributed by atoms with Gasteiger partial charge in [-0.3, -0.25) is 0 Å². The average molecular weight is 335 g/mol. The Morgan fingerprint density at radius 3 is 2.71 bits per heavy atom. The van der Waals surface area contributed by atoms with Crippen LogP contribution in [0, 0.1) is 11.7 Å². The van der Waals surface area contributed by atoms with Gasteiger partial charge in [-0.25, -0.2) is 5.10 Å². The van der Waals surface area contributed by atoms with Crippen molar-refractivity contribution < 1.29 is 0 Å². The SMILES string of the molecule is Cc1ccc(/C=N\n2c(-c3ccc(Cl)cc3)n[nH]c2=S)s1. The first kappa shape index (κ1) is 14.2. The Kier molecular flexibility index (Phi) is 4.01. The van der Waals surface area contributed by atoms with Crippen LogP contribution in [0.4, 0.5) is 0 Å². The maximum absolute atomic E-state index is 5.90. The molecule has 0 saturated carbocycles. The number of halogens is 1. The number of H-pyrrole nitrogens is 1. The minimum atomic E-state index is 0.449. The van der Waals surface area contributed by atoms with E-state index in [1.54, 1.807) is 22.2 Å². The second-order valence-electron chi connectivity index (χ2n) is 4.36. The molecule has 0 atom stereocenters. The van der Waals surface area contributed by atoms with Gasteiger partial charge in [-0.05, 0) is 55.5 Å². The molecule has 4 nitrogen and oxygen atoms in total. The van der Waals surface area contributed by atoms with Gasteiger partial charge in [0.1, 0.15) is 0 Å². The molecule has 0 fully saturated rings. The highest BCUT2D eigenvalue weighted by Gasteiger charge is 2.07. The van der Waals surface area contributed by atoms with E-state index in [0.29, 0.717) is 15.6 Å². The van der Waals surface area contributed by atoms with Crippen LogP contribution in [0.5, 0.6) is 0 Å². The Morgan fingerprint density at radius 2 is 2.05 bits per heavy atom. The molecule has 3 aromatic rings. The zero-order chi connectivity index (χ0) is 14.8. The van der Waals surface area contributed by atoms with Crippen molar-refractivity contribution in [3.05, 3.63) is 55.9 Å². The van der Waals surface area contributed by atoms with E-state index in [1.807, 2.05) is 30.3 Å². The van der Waals surface area contributed by atoms with Crippen molar-refractivity contribution in [2.24, 2.45) is 5.10 Å². The first-order valence-corrected chi connectivity index (χ1v) is 7.78. The van der Waals surface area contributed by atoms with Crippen molar-refractivity contribution in [1.29, 1.82) is 0 Å². The smallest absolute Gasteiger partial charge is 0.216 e. The Morgan fingerprint density at radius 1 is 1.29 bits per heavy atom. The Hall–Kier alpha value is -1.76. The van der Waals surface area contributed by atoms with Crippen LogP contribution in [0.2, 0.25) is 5.02 Å². The van der Waals surface area contributed by atoms with E-state index in [-0.39, 0.29) is 0 Å². The summed E-state index contributed by atoms with van der Waals surface area (Å²) >= 11 is 12.8. The van der Waals surface area contributed by atoms with Crippen molar-refractivity contribution in [3.63, 3.8) is 0 Å². The highest BCUT2D eigenvalue weighted by molar-refractivity contribution is 7.71. The molecule has 1 N–H and O–H groups in total. The quantitative estimate of drug-likeness (QED) is 0.565. The van der Waals surface area contributed by atoms with E-state index in [2.05, 4.69) is 28.3 Å². The van der Waals surface area contributed by atoms with Crippen LogP contribution in [-0.2, 0) is 0 Å². The van der Waals surface area contributed by atoms with E-state index < -0.39 is 0 Å². The summed E-state index contributed by atoms with van der Waals surface area (Å²) in [7, 11) is 0. The molecule has 2 heterocycles. The molecule has 0 unspecified atom stereocenters. The second kappa shape index (κ2) is 5.93. The summed E-state index contributed by atoms with van der Waals surface area (Å²) in [5.74, 6) is 0.654. The van der Waals surface area contributed by atoms with Gasteiger partial charge in [-0.15, -0.1) is 11.3 Å². The molecule has 1 aromatic carbocycles. The number of aromatic amines is 1. The lowest BCUT2D eigenvalue weighted by Gasteiger charge is -2.00. The standard InChI is InChI=1S/C14H11ClN4S2/c1-9-2-7-12(21-9)8-16-19-13(17-18-14(19)20)10-3-5-11(15)6-4-10/h2-8H,1H3,(H,18,20)/b16-8-. The molecule has 0 aliphatic heterocycles. The van der Waals surface area contributed by atoms with Crippen LogP contribution in [0.15, 0.2) is 41.5 Å². The number of aromatic nitrogens is 3. The molecule has 21 heavy (non-hydrogen) atoms. The molecule has 0 saturated heterocycles. The molecule has 106 valence electrons. The fourth-order valence-electron chi connectivity index (χ4n) is 1.82. The molecule has 0 aliphatic rings. The van der Waals surface area contributed by atoms with Crippen molar-refractivity contribution in [3.8, 4) is 11.4 Å². The van der Waals surface area contributed by atoms with Crippen LogP contribution >= 0.6 is 35.2 Å². The van der Waals surface area contributed by atoms with Gasteiger partial charge in [0.25, 0.3) is 0 Å². The lowest BCUT2D eigenvalue weighted by Crippen LogP contribution is -1.94. The fraction of sp³-hybridized carbons (Fsp3) is 0.0714. The van der Waals surface area contributed by atoms with Crippen molar-refractivity contribution in [2.75, 3.05) is 0 Å². The first-order valence-electron chi connectivity index (χ1n) is 6.17. The first-order chi connectivity index (χ1) is 10.1. The van der Waals surface area contributed by atoms with Crippen LogP contribution < -0.4 is 0 Å². The van der Waals surface area contributed by atoms with E-state index in [0.717, 1.165) is 10.4 Å². The zero-order valence-corrected chi connectivity index (χ0v) is 13.5. The lowest BCUT2D eigenvalue weighted by atomic mass is 10.2. The summed E-state index contributed by atoms with van der Waals surface area (Å²) in [6.07, 6.45) is 1.78. The summed E-state index contributed by atoms with van der Waals surface area (Å²) in [5.41, 5.74) is 0.895. The molecule has 0 amide bonds. The van der Waals surface area contributed by atoms with Gasteiger partial charge in [0.05, 0.1) is 6.21 Å². The van der Waals surface area contributed by atoms with Gasteiger partial charge < -0.3 is 0 Å². The average Bonchev–Trinajstić information content (AvgIpc) is 3.04. The van der Waals surface area contributed by atoms with E-state index in [9.17, 15) is 0 Å². The minimum Gasteiger partial charge on any atom is -0.250 e. The van der Waals surface area contributed by atoms with Crippen molar-refractivity contribution >= 4 is 41.4 Å². The summed E-state index contributed by atoms with van der Waals surface area (Å²) in [4.78, 5) is 2.31. The van der Waals surface area contributed by atoms with Crippen LogP contribution in [0.25, 0.3) is 11.4 Å². The van der Waals surface area contributed by atoms with Crippen LogP contribution in [0.1, 0.15) is 9.75 Å². The molecule has 2 aromatic heterocycles. The monoisotopic (exact) mass is 334 g/mol. The van der Waals surface area contributed by atoms with Gasteiger partial charge in [-0.2, -0.15) is 14.9 Å². The predicted octanol–water partition coefficient (Wildman–Crippen LogP) is 4.51. The maximum Gasteiger partial charge on any atom is 0.216 e. The highest BCUT2D eigenvalue weighted by atomic mass is 35.5. The van der Waals surface area contributed by atoms with Crippen LogP contribution in [0.3, 0.4) is 0 Å². The summed E-state index contributed by atoms with van der Waals surface area (Å²) < 4.78 is 2.05. The molecule has 3 rings (SSSR count). The van der Waals surface area contributed by atoms with E-state index >= 15 is 0 Å². The molecule has 0 aliphatic carbocycles. The molecule has 0 bridgehead atoms. The summed E-state index contributed by atoms with van der Waals surface area (Å²) in [5, 5.41) is 12.1. The molecule has 0 spiro atoms. The lowest BCUT2D eigenvalue weighted by molar-refractivity contribution is 0.872. The van der Waals surface area contributed by atoms with Gasteiger partial charge in [0.15, 0.2) is 5.82 Å². The molecule has 0 radical (unpaired) electrons. The number of hydrogen-bond donors (Lipinski definition) is 1. The number of thiophene rings is 1. The number of hydrogen-bond acceptors (Lipinski definition) is 4. The zero-order valence-electron chi connectivity index (χ0n) is 11.1. The number of nitrogens with one attached hydrogen (secondary N) is 1. The third-order valence-electron chi connectivity index (χ3n) is 2.81. The normalized spacial score (nSPS) is 11.3. The minimum absolute atomic E-state index is 0.449. The van der Waals surface area contributed by atoms with E-state index in [1.165, 1.54) is 4.88 Å². The summed E-state index contributed by atoms with van der Waals surface area (Å²) in [6.45, 7) is 2.06. The van der Waals surface area contributed by atoms with Gasteiger partial charge >= 0.3 is 0 Å². The van der Waals surface area contributed by atoms with Crippen molar-refractivity contribution in [2.45, 2.75) is 6.92 Å². The van der Waals surface area contributed by atoms with Crippen LogP contribution in [-0.4, -0.2) is 21.1 Å². The van der Waals surface area contributed by atoms with Gasteiger partial charge in [-0.1, -0.05) is 11.6 Å². The Bertz CT molecular complexity index is 842. The molecular weight excluding hydrogens is 324 g/mol. The van der Waals surface area contributed by atoms with Gasteiger partial charge in [0, 0.05) is 20.3 Å². The molecule has 7 heteroatoms. The van der Waals surface area contributed by atoms with Gasteiger partial charge in [0.2, 0.25) is 4.77 Å². The second-order valence-corrected chi connectivity index (χ2v) is 6.51. The fourth-order valence-corrected chi connectivity index (χ4v) is 2.87. The highest BCUT2D eigenvalue weighted by Crippen LogP contribution is 2.20. The third kappa shape index (κ3) is 3.12. The number of nitrogens with zero attached hydrogens (tertiary/aromatic N) is 3. The van der Waals surface area contributed by atoms with E-state index in [4.69, 9.17) is 23.8 Å². The topological polar surface area (TPSA) is 46.0 Å². The summed E-state index contributed by atoms with van der Waals surface area (Å²) in [6, 6.07) is 11.5.